The van der Waals surface area contributed by atoms with Gasteiger partial charge in [0.05, 0.1) is 6.42 Å². The second kappa shape index (κ2) is 7.91. The molecule has 0 bridgehead atoms. The normalized spacial score (nSPS) is 24.1. The second-order valence-electron chi connectivity index (χ2n) is 5.81. The van der Waals surface area contributed by atoms with Gasteiger partial charge in [-0.2, -0.15) is 0 Å². The fourth-order valence-electron chi connectivity index (χ4n) is 2.79. The third-order valence-electron chi connectivity index (χ3n) is 3.99. The lowest BCUT2D eigenvalue weighted by molar-refractivity contribution is -0.151. The maximum Gasteiger partial charge on any atom is 0.352 e. The molecule has 1 aromatic rings. The van der Waals surface area contributed by atoms with Crippen molar-refractivity contribution >= 4 is 58.5 Å². The van der Waals surface area contributed by atoms with Crippen LogP contribution in [0.1, 0.15) is 11.8 Å². The maximum atomic E-state index is 12.5. The summed E-state index contributed by atoms with van der Waals surface area (Å²) in [6.45, 7) is 0.876. The lowest BCUT2D eigenvalue weighted by Crippen LogP contribution is -2.71. The van der Waals surface area contributed by atoms with E-state index in [1.165, 1.54) is 18.3 Å². The van der Waals surface area contributed by atoms with Crippen LogP contribution < -0.4 is 5.32 Å². The number of thioether (sulfide) groups is 1. The average molecular weight is 431 g/mol. The van der Waals surface area contributed by atoms with E-state index < -0.39 is 34.0 Å². The molecule has 27 heavy (non-hydrogen) atoms. The Labute approximate surface area is 167 Å². The molecule has 8 nitrogen and oxygen atoms in total. The topological polar surface area (TPSA) is 113 Å². The van der Waals surface area contributed by atoms with Gasteiger partial charge in [-0.25, -0.2) is 4.79 Å². The first-order valence-electron chi connectivity index (χ1n) is 7.83. The summed E-state index contributed by atoms with van der Waals surface area (Å²) in [6.07, 6.45) is 0.141. The molecule has 2 N–H and O–H groups in total. The number of rotatable bonds is 6. The van der Waals surface area contributed by atoms with Gasteiger partial charge in [-0.05, 0) is 11.4 Å². The van der Waals surface area contributed by atoms with E-state index in [1.807, 2.05) is 17.5 Å². The molecule has 1 aromatic heterocycles. The first kappa shape index (κ1) is 19.7. The van der Waals surface area contributed by atoms with Gasteiger partial charge in [-0.3, -0.25) is 19.3 Å². The Morgan fingerprint density at radius 3 is 2.74 bits per heavy atom. The number of nitrogens with one attached hydrogen (secondary N) is 1. The van der Waals surface area contributed by atoms with Gasteiger partial charge in [0, 0.05) is 17.4 Å². The number of aliphatic carboxylic acids is 1. The van der Waals surface area contributed by atoms with Crippen molar-refractivity contribution in [2.24, 2.45) is 0 Å². The molecule has 0 spiro atoms. The number of β-lactam (4-membered cyclic amide) rings is 1. The molecule has 3 rings (SSSR count). The number of alkyl halides is 1. The minimum absolute atomic E-state index is 0.136. The first-order chi connectivity index (χ1) is 12.8. The Morgan fingerprint density at radius 1 is 1.41 bits per heavy atom. The van der Waals surface area contributed by atoms with Gasteiger partial charge < -0.3 is 15.2 Å². The van der Waals surface area contributed by atoms with E-state index in [2.05, 4.69) is 5.32 Å². The van der Waals surface area contributed by atoms with Crippen LogP contribution in [0, 0.1) is 0 Å². The molecule has 0 aromatic carbocycles. The summed E-state index contributed by atoms with van der Waals surface area (Å²) in [6, 6.07) is 2.79. The van der Waals surface area contributed by atoms with Crippen LogP contribution >= 0.6 is 34.7 Å². The molecule has 2 amide bonds. The lowest BCUT2D eigenvalue weighted by atomic mass is 10.0. The third kappa shape index (κ3) is 3.97. The smallest absolute Gasteiger partial charge is 0.352 e. The van der Waals surface area contributed by atoms with Crippen LogP contribution in [0.2, 0.25) is 0 Å². The van der Waals surface area contributed by atoms with Gasteiger partial charge in [0.1, 0.15) is 28.4 Å². The summed E-state index contributed by atoms with van der Waals surface area (Å²) in [5, 5.41) is 13.4. The molecule has 0 radical (unpaired) electrons. The van der Waals surface area contributed by atoms with E-state index in [4.69, 9.17) is 16.3 Å². The Bertz CT molecular complexity index is 825. The molecule has 144 valence electrons. The zero-order valence-electron chi connectivity index (χ0n) is 14.0. The zero-order chi connectivity index (χ0) is 19.7. The molecule has 2 aliphatic rings. The van der Waals surface area contributed by atoms with Gasteiger partial charge in [0.2, 0.25) is 5.91 Å². The molecular formula is C16H15ClN2O6S2. The van der Waals surface area contributed by atoms with E-state index in [0.29, 0.717) is 0 Å². The molecule has 0 saturated carbocycles. The quantitative estimate of drug-likeness (QED) is 0.395. The van der Waals surface area contributed by atoms with Crippen LogP contribution in [0.5, 0.6) is 0 Å². The number of ether oxygens (including phenoxy) is 1. The summed E-state index contributed by atoms with van der Waals surface area (Å²) in [5.41, 5.74) is -0.161. The highest BCUT2D eigenvalue weighted by Gasteiger charge is 2.56. The molecule has 0 aliphatic carbocycles. The van der Waals surface area contributed by atoms with Gasteiger partial charge >= 0.3 is 11.9 Å². The van der Waals surface area contributed by atoms with Crippen molar-refractivity contribution < 1.29 is 29.0 Å². The van der Waals surface area contributed by atoms with Crippen molar-refractivity contribution in [2.75, 3.05) is 6.61 Å². The predicted molar refractivity (Wildman–Crippen MR) is 99.1 cm³/mol. The summed E-state index contributed by atoms with van der Waals surface area (Å²) in [5.74, 6) is -2.79. The molecule has 1 unspecified atom stereocenters. The Balaban J connectivity index is 1.75. The number of carboxylic acid groups (broad SMARTS) is 1. The zero-order valence-corrected chi connectivity index (χ0v) is 16.4. The number of nitrogens with zero attached hydrogens (tertiary/aromatic N) is 1. The average Bonchev–Trinajstić information content (AvgIpc) is 3.10. The van der Waals surface area contributed by atoms with E-state index in [9.17, 15) is 24.3 Å². The fraction of sp³-hybridized carbons (Fsp3) is 0.375. The largest absolute Gasteiger partial charge is 0.477 e. The second-order valence-corrected chi connectivity index (χ2v) is 8.77. The van der Waals surface area contributed by atoms with Gasteiger partial charge in [-0.15, -0.1) is 34.7 Å². The number of carboxylic acids is 1. The molecular weight excluding hydrogens is 416 g/mol. The molecule has 11 heteroatoms. The van der Waals surface area contributed by atoms with Crippen molar-refractivity contribution in [3.05, 3.63) is 33.7 Å². The highest BCUT2D eigenvalue weighted by atomic mass is 35.5. The van der Waals surface area contributed by atoms with E-state index in [0.717, 1.165) is 21.5 Å². The van der Waals surface area contributed by atoms with Gasteiger partial charge in [0.25, 0.3) is 5.91 Å². The van der Waals surface area contributed by atoms with Crippen LogP contribution in [0.25, 0.3) is 0 Å². The minimum Gasteiger partial charge on any atom is -0.477 e. The van der Waals surface area contributed by atoms with E-state index in [-0.39, 0.29) is 30.2 Å². The predicted octanol–water partition coefficient (Wildman–Crippen LogP) is 1.16. The highest BCUT2D eigenvalue weighted by molar-refractivity contribution is 8.02. The minimum atomic E-state index is -1.34. The standard InChI is InChI=1S/C16H15ClN2O6S2/c1-7(20)25-6-9-12(16(23)24)19-14(22)11(15(19)27-13(9)17)18-10(21)5-8-3-2-4-26-8/h2-4,11,13,15H,5-6H2,1H3,(H,18,21)(H,23,24)/t11-,13?,15-/m1/s1. The van der Waals surface area contributed by atoms with E-state index in [1.54, 1.807) is 0 Å². The van der Waals surface area contributed by atoms with Crippen molar-refractivity contribution in [3.8, 4) is 0 Å². The van der Waals surface area contributed by atoms with Crippen LogP contribution in [0.4, 0.5) is 0 Å². The SMILES string of the molecule is CC(=O)OCC1=C(C(=O)O)N2C(=O)[C@@H](NC(=O)Cc3cccs3)[C@H]2SC1Cl. The number of thiophene rings is 1. The van der Waals surface area contributed by atoms with Crippen LogP contribution in [0.15, 0.2) is 28.8 Å². The number of carbonyl (C=O) groups is 4. The van der Waals surface area contributed by atoms with E-state index >= 15 is 0 Å². The number of halogens is 1. The molecule has 2 aliphatic heterocycles. The first-order valence-corrected chi connectivity index (χ1v) is 10.1. The summed E-state index contributed by atoms with van der Waals surface area (Å²) in [7, 11) is 0. The molecule has 1 saturated heterocycles. The highest BCUT2D eigenvalue weighted by Crippen LogP contribution is 2.45. The number of amides is 2. The number of carbonyl (C=O) groups excluding carboxylic acids is 3. The van der Waals surface area contributed by atoms with Crippen LogP contribution in [-0.4, -0.2) is 56.5 Å². The van der Waals surface area contributed by atoms with Crippen molar-refractivity contribution in [2.45, 2.75) is 29.5 Å². The van der Waals surface area contributed by atoms with Crippen molar-refractivity contribution in [3.63, 3.8) is 0 Å². The summed E-state index contributed by atoms with van der Waals surface area (Å²) < 4.78 is 4.06. The Kier molecular flexibility index (Phi) is 5.78. The fourth-order valence-corrected chi connectivity index (χ4v) is 5.24. The van der Waals surface area contributed by atoms with Crippen molar-refractivity contribution in [1.82, 2.24) is 10.2 Å². The molecule has 1 fully saturated rings. The maximum absolute atomic E-state index is 12.5. The van der Waals surface area contributed by atoms with Crippen LogP contribution in [0.3, 0.4) is 0 Å². The molecule has 3 atom stereocenters. The lowest BCUT2D eigenvalue weighted by Gasteiger charge is -2.50. The number of esters is 1. The monoisotopic (exact) mass is 430 g/mol. The van der Waals surface area contributed by atoms with Crippen molar-refractivity contribution in [1.29, 1.82) is 0 Å². The summed E-state index contributed by atoms with van der Waals surface area (Å²) in [4.78, 5) is 49.3. The number of hydrogen-bond donors (Lipinski definition) is 2. The summed E-state index contributed by atoms with van der Waals surface area (Å²) >= 11 is 8.82. The van der Waals surface area contributed by atoms with Gasteiger partial charge in [0.15, 0.2) is 0 Å². The number of hydrogen-bond acceptors (Lipinski definition) is 7. The third-order valence-corrected chi connectivity index (χ3v) is 6.72. The Morgan fingerprint density at radius 2 is 2.15 bits per heavy atom. The Hall–Kier alpha value is -2.04. The van der Waals surface area contributed by atoms with Crippen LogP contribution in [-0.2, 0) is 30.3 Å². The number of fused-ring (bicyclic) bond motifs is 1. The molecule has 3 heterocycles. The van der Waals surface area contributed by atoms with Gasteiger partial charge in [-0.1, -0.05) is 6.07 Å².